The smallest absolute Gasteiger partial charge is 0.410 e. The molecule has 10 nitrogen and oxygen atoms in total. The second-order valence-electron chi connectivity index (χ2n) is 12.4. The van der Waals surface area contributed by atoms with Crippen molar-refractivity contribution in [1.82, 2.24) is 24.7 Å². The fourth-order valence-electron chi connectivity index (χ4n) is 5.67. The molecule has 3 fully saturated rings. The summed E-state index contributed by atoms with van der Waals surface area (Å²) in [5.74, 6) is -0.817. The Morgan fingerprint density at radius 2 is 1.48 bits per heavy atom. The Labute approximate surface area is 246 Å². The van der Waals surface area contributed by atoms with Gasteiger partial charge < -0.3 is 24.2 Å². The lowest BCUT2D eigenvalue weighted by molar-refractivity contribution is 0.0141. The van der Waals surface area contributed by atoms with Crippen LogP contribution in [0.25, 0.3) is 11.4 Å². The van der Waals surface area contributed by atoms with Crippen LogP contribution >= 0.6 is 0 Å². The quantitative estimate of drug-likeness (QED) is 0.493. The van der Waals surface area contributed by atoms with Crippen LogP contribution in [0.4, 0.5) is 9.18 Å². The maximum atomic E-state index is 15.1. The molecule has 2 aliphatic heterocycles. The minimum Gasteiger partial charge on any atom is -0.444 e. The van der Waals surface area contributed by atoms with Gasteiger partial charge in [-0.3, -0.25) is 9.59 Å². The highest BCUT2D eigenvalue weighted by Gasteiger charge is 2.40. The molecular formula is C31H40FN5O5. The highest BCUT2D eigenvalue weighted by atomic mass is 19.1. The first-order valence-electron chi connectivity index (χ1n) is 14.8. The van der Waals surface area contributed by atoms with Gasteiger partial charge in [0.25, 0.3) is 11.8 Å². The number of methoxy groups -OCH3 is 1. The molecule has 3 aliphatic rings. The normalized spacial score (nSPS) is 18.6. The van der Waals surface area contributed by atoms with Gasteiger partial charge in [0.15, 0.2) is 5.82 Å². The van der Waals surface area contributed by atoms with Gasteiger partial charge in [0.2, 0.25) is 0 Å². The molecule has 1 saturated carbocycles. The van der Waals surface area contributed by atoms with Crippen LogP contribution in [0.15, 0.2) is 30.6 Å². The molecule has 5 rings (SSSR count). The molecule has 2 saturated heterocycles. The number of rotatable bonds is 6. The highest BCUT2D eigenvalue weighted by Crippen LogP contribution is 2.33. The fourth-order valence-corrected chi connectivity index (χ4v) is 5.67. The van der Waals surface area contributed by atoms with Crippen molar-refractivity contribution in [3.63, 3.8) is 0 Å². The molecule has 3 heterocycles. The molecule has 2 aromatic rings. The van der Waals surface area contributed by atoms with Crippen molar-refractivity contribution in [2.75, 3.05) is 33.3 Å². The summed E-state index contributed by atoms with van der Waals surface area (Å²) in [6, 6.07) is 4.49. The summed E-state index contributed by atoms with van der Waals surface area (Å²) in [6.45, 7) is 7.72. The molecule has 1 aliphatic carbocycles. The summed E-state index contributed by atoms with van der Waals surface area (Å²) in [5, 5.41) is 0. The van der Waals surface area contributed by atoms with Gasteiger partial charge in [0, 0.05) is 63.3 Å². The number of carbonyl (C=O) groups is 3. The van der Waals surface area contributed by atoms with E-state index in [9.17, 15) is 14.4 Å². The number of amides is 3. The molecule has 0 N–H and O–H groups in total. The van der Waals surface area contributed by atoms with Crippen molar-refractivity contribution < 1.29 is 28.2 Å². The minimum atomic E-state index is -0.594. The maximum absolute atomic E-state index is 15.1. The molecule has 0 radical (unpaired) electrons. The van der Waals surface area contributed by atoms with Crippen LogP contribution < -0.4 is 0 Å². The second kappa shape index (κ2) is 12.3. The standard InChI is InChI=1S/C31H40FN5O5/c1-31(2,3)42-30(40)36-13-9-23(10-14-36)37(22-6-7-22)29(39)21-18-33-27(34-19-21)25-8-5-20(17-26(25)32)28(38)35-15-11-24(41-4)12-16-35/h5,8,17-19,22-24H,6-7,9-16H2,1-4H3. The molecule has 226 valence electrons. The molecule has 0 unspecified atom stereocenters. The minimum absolute atomic E-state index is 0.00572. The Bertz CT molecular complexity index is 1290. The van der Waals surface area contributed by atoms with Crippen molar-refractivity contribution in [3.05, 3.63) is 47.5 Å². The SMILES string of the molecule is COC1CCN(C(=O)c2ccc(-c3ncc(C(=O)N(C4CC4)C4CCN(C(=O)OC(C)(C)C)CC4)cn3)c(F)c2)CC1. The molecule has 1 aromatic heterocycles. The van der Waals surface area contributed by atoms with Gasteiger partial charge in [-0.25, -0.2) is 19.2 Å². The van der Waals surface area contributed by atoms with Crippen molar-refractivity contribution in [2.24, 2.45) is 0 Å². The van der Waals surface area contributed by atoms with Gasteiger partial charge in [-0.1, -0.05) is 0 Å². The number of hydrogen-bond donors (Lipinski definition) is 0. The average Bonchev–Trinajstić information content (AvgIpc) is 3.82. The van der Waals surface area contributed by atoms with E-state index in [-0.39, 0.29) is 53.0 Å². The van der Waals surface area contributed by atoms with E-state index in [1.807, 2.05) is 25.7 Å². The maximum Gasteiger partial charge on any atom is 0.410 e. The lowest BCUT2D eigenvalue weighted by atomic mass is 10.0. The van der Waals surface area contributed by atoms with Crippen LogP contribution in [0.3, 0.4) is 0 Å². The van der Waals surface area contributed by atoms with E-state index in [0.717, 1.165) is 25.7 Å². The summed E-state index contributed by atoms with van der Waals surface area (Å²) < 4.78 is 26.0. The number of piperidine rings is 2. The number of hydrogen-bond acceptors (Lipinski definition) is 7. The topological polar surface area (TPSA) is 105 Å². The van der Waals surface area contributed by atoms with E-state index in [0.29, 0.717) is 44.6 Å². The van der Waals surface area contributed by atoms with Gasteiger partial charge in [-0.05, 0) is 77.5 Å². The van der Waals surface area contributed by atoms with Gasteiger partial charge in [0.1, 0.15) is 11.4 Å². The summed E-state index contributed by atoms with van der Waals surface area (Å²) in [4.78, 5) is 52.9. The van der Waals surface area contributed by atoms with E-state index in [1.54, 1.807) is 23.0 Å². The Morgan fingerprint density at radius 3 is 2.02 bits per heavy atom. The third-order valence-electron chi connectivity index (χ3n) is 8.10. The van der Waals surface area contributed by atoms with Gasteiger partial charge >= 0.3 is 6.09 Å². The van der Waals surface area contributed by atoms with Crippen molar-refractivity contribution in [1.29, 1.82) is 0 Å². The van der Waals surface area contributed by atoms with Crippen LogP contribution in [0.1, 0.15) is 80.0 Å². The van der Waals surface area contributed by atoms with E-state index >= 15 is 4.39 Å². The number of ether oxygens (including phenoxy) is 2. The van der Waals surface area contributed by atoms with E-state index < -0.39 is 11.4 Å². The molecule has 0 bridgehead atoms. The molecular weight excluding hydrogens is 541 g/mol. The monoisotopic (exact) mass is 581 g/mol. The summed E-state index contributed by atoms with van der Waals surface area (Å²) in [5.41, 5.74) is 0.223. The fraction of sp³-hybridized carbons (Fsp3) is 0.581. The van der Waals surface area contributed by atoms with Crippen LogP contribution in [0.2, 0.25) is 0 Å². The largest absolute Gasteiger partial charge is 0.444 e. The van der Waals surface area contributed by atoms with Crippen LogP contribution in [-0.4, -0.2) is 99.7 Å². The first-order valence-corrected chi connectivity index (χ1v) is 14.8. The Kier molecular flexibility index (Phi) is 8.77. The predicted octanol–water partition coefficient (Wildman–Crippen LogP) is 4.54. The van der Waals surface area contributed by atoms with Gasteiger partial charge in [0.05, 0.1) is 17.2 Å². The number of carbonyl (C=O) groups excluding carboxylic acids is 3. The Balaban J connectivity index is 1.22. The number of nitrogens with zero attached hydrogens (tertiary/aromatic N) is 5. The average molecular weight is 582 g/mol. The van der Waals surface area contributed by atoms with Crippen LogP contribution in [0.5, 0.6) is 0 Å². The second-order valence-corrected chi connectivity index (χ2v) is 12.4. The first kappa shape index (κ1) is 29.9. The zero-order valence-corrected chi connectivity index (χ0v) is 24.8. The molecule has 11 heteroatoms. The molecule has 0 atom stereocenters. The van der Waals surface area contributed by atoms with Crippen LogP contribution in [-0.2, 0) is 9.47 Å². The lowest BCUT2D eigenvalue weighted by Gasteiger charge is -2.39. The van der Waals surface area contributed by atoms with Gasteiger partial charge in [-0.2, -0.15) is 0 Å². The Morgan fingerprint density at radius 1 is 0.881 bits per heavy atom. The Hall–Kier alpha value is -3.60. The van der Waals surface area contributed by atoms with E-state index in [4.69, 9.17) is 9.47 Å². The van der Waals surface area contributed by atoms with Crippen molar-refractivity contribution in [3.8, 4) is 11.4 Å². The van der Waals surface area contributed by atoms with E-state index in [2.05, 4.69) is 9.97 Å². The lowest BCUT2D eigenvalue weighted by Crippen LogP contribution is -2.50. The number of halogens is 1. The molecule has 1 aromatic carbocycles. The molecule has 3 amide bonds. The van der Waals surface area contributed by atoms with Gasteiger partial charge in [-0.15, -0.1) is 0 Å². The summed E-state index contributed by atoms with van der Waals surface area (Å²) >= 11 is 0. The van der Waals surface area contributed by atoms with Crippen LogP contribution in [0, 0.1) is 5.82 Å². The number of aromatic nitrogens is 2. The van der Waals surface area contributed by atoms with Crippen molar-refractivity contribution in [2.45, 2.75) is 83.1 Å². The zero-order valence-electron chi connectivity index (χ0n) is 24.8. The van der Waals surface area contributed by atoms with Crippen molar-refractivity contribution >= 4 is 17.9 Å². The predicted molar refractivity (Wildman–Crippen MR) is 153 cm³/mol. The highest BCUT2D eigenvalue weighted by molar-refractivity contribution is 5.95. The van der Waals surface area contributed by atoms with E-state index in [1.165, 1.54) is 24.5 Å². The summed E-state index contributed by atoms with van der Waals surface area (Å²) in [7, 11) is 1.67. The molecule has 0 spiro atoms. The number of benzene rings is 1. The third-order valence-corrected chi connectivity index (χ3v) is 8.10. The first-order chi connectivity index (χ1) is 20.0. The third kappa shape index (κ3) is 6.88. The zero-order chi connectivity index (χ0) is 30.0. The number of likely N-dealkylation sites (tertiary alicyclic amines) is 2. The summed E-state index contributed by atoms with van der Waals surface area (Å²) in [6.07, 6.45) is 7.43. The molecule has 42 heavy (non-hydrogen) atoms.